The van der Waals surface area contributed by atoms with Crippen LogP contribution in [0.15, 0.2) is 18.2 Å². The number of nitrogens with zero attached hydrogens (tertiary/aromatic N) is 1. The standard InChI is InChI=1S/C17H22F4N2.2ClH/c18-15-6-5-13(11-14(15)17(19,20)21)16(12-3-1-2-4-12)23-9-7-22-8-10-23;;/h5-6,11-12,16,22H,1-4,7-10H2;2*1H/t16-;;/m0../s1. The lowest BCUT2D eigenvalue weighted by Crippen LogP contribution is -2.46. The fourth-order valence-corrected chi connectivity index (χ4v) is 3.96. The SMILES string of the molecule is Cl.Cl.Fc1ccc([C@H](C2CCCC2)N2CCNCC2)cc1C(F)(F)F. The lowest BCUT2D eigenvalue weighted by Gasteiger charge is -2.39. The van der Waals surface area contributed by atoms with Gasteiger partial charge < -0.3 is 5.32 Å². The van der Waals surface area contributed by atoms with E-state index in [1.165, 1.54) is 6.07 Å². The number of hydrogen-bond acceptors (Lipinski definition) is 2. The molecule has 2 nitrogen and oxygen atoms in total. The molecule has 0 radical (unpaired) electrons. The highest BCUT2D eigenvalue weighted by Crippen LogP contribution is 2.41. The summed E-state index contributed by atoms with van der Waals surface area (Å²) in [7, 11) is 0. The third-order valence-corrected chi connectivity index (χ3v) is 5.03. The number of piperazine rings is 1. The molecular formula is C17H24Cl2F4N2. The van der Waals surface area contributed by atoms with Gasteiger partial charge in [0, 0.05) is 32.2 Å². The van der Waals surface area contributed by atoms with Crippen LogP contribution in [0.4, 0.5) is 17.6 Å². The zero-order valence-electron chi connectivity index (χ0n) is 13.8. The van der Waals surface area contributed by atoms with E-state index in [4.69, 9.17) is 0 Å². The molecule has 25 heavy (non-hydrogen) atoms. The predicted octanol–water partition coefficient (Wildman–Crippen LogP) is 4.82. The molecule has 1 aromatic rings. The Hall–Kier alpha value is -0.560. The quantitative estimate of drug-likeness (QED) is 0.728. The van der Waals surface area contributed by atoms with Gasteiger partial charge in [0.2, 0.25) is 0 Å². The molecule has 8 heteroatoms. The number of nitrogens with one attached hydrogen (secondary N) is 1. The minimum Gasteiger partial charge on any atom is -0.314 e. The predicted molar refractivity (Wildman–Crippen MR) is 95.0 cm³/mol. The lowest BCUT2D eigenvalue weighted by atomic mass is 9.88. The van der Waals surface area contributed by atoms with Crippen molar-refractivity contribution in [2.75, 3.05) is 26.2 Å². The highest BCUT2D eigenvalue weighted by atomic mass is 35.5. The van der Waals surface area contributed by atoms with Gasteiger partial charge in [-0.15, -0.1) is 24.8 Å². The first-order chi connectivity index (χ1) is 11.0. The molecule has 1 aliphatic heterocycles. The second-order valence-corrected chi connectivity index (χ2v) is 6.51. The van der Waals surface area contributed by atoms with Gasteiger partial charge in [0.1, 0.15) is 5.82 Å². The highest BCUT2D eigenvalue weighted by molar-refractivity contribution is 5.85. The summed E-state index contributed by atoms with van der Waals surface area (Å²) in [5, 5.41) is 3.27. The Bertz CT molecular complexity index is 542. The summed E-state index contributed by atoms with van der Waals surface area (Å²) < 4.78 is 52.7. The van der Waals surface area contributed by atoms with Crippen molar-refractivity contribution in [2.45, 2.75) is 37.9 Å². The average molecular weight is 403 g/mol. The summed E-state index contributed by atoms with van der Waals surface area (Å²) >= 11 is 0. The Morgan fingerprint density at radius 2 is 1.64 bits per heavy atom. The molecule has 3 rings (SSSR count). The first-order valence-electron chi connectivity index (χ1n) is 8.28. The van der Waals surface area contributed by atoms with Gasteiger partial charge in [-0.25, -0.2) is 4.39 Å². The smallest absolute Gasteiger partial charge is 0.314 e. The molecule has 0 bridgehead atoms. The third kappa shape index (κ3) is 5.22. The van der Waals surface area contributed by atoms with Crippen LogP contribution in [-0.2, 0) is 6.18 Å². The van der Waals surface area contributed by atoms with E-state index in [0.717, 1.165) is 64.0 Å². The van der Waals surface area contributed by atoms with Crippen LogP contribution in [0.5, 0.6) is 0 Å². The van der Waals surface area contributed by atoms with E-state index in [-0.39, 0.29) is 30.9 Å². The summed E-state index contributed by atoms with van der Waals surface area (Å²) in [6.07, 6.45) is -0.328. The number of hydrogen-bond donors (Lipinski definition) is 1. The van der Waals surface area contributed by atoms with E-state index in [0.29, 0.717) is 11.5 Å². The summed E-state index contributed by atoms with van der Waals surface area (Å²) in [6.45, 7) is 3.33. The lowest BCUT2D eigenvalue weighted by molar-refractivity contribution is -0.140. The number of alkyl halides is 3. The summed E-state index contributed by atoms with van der Waals surface area (Å²) in [5.41, 5.74) is -0.541. The van der Waals surface area contributed by atoms with Gasteiger partial charge in [0.15, 0.2) is 0 Å². The molecule has 2 fully saturated rings. The van der Waals surface area contributed by atoms with E-state index in [1.54, 1.807) is 0 Å². The Balaban J connectivity index is 0.00000156. The Morgan fingerprint density at radius 3 is 2.20 bits per heavy atom. The van der Waals surface area contributed by atoms with Gasteiger partial charge in [-0.2, -0.15) is 13.2 Å². The first-order valence-corrected chi connectivity index (χ1v) is 8.28. The molecule has 0 spiro atoms. The highest BCUT2D eigenvalue weighted by Gasteiger charge is 2.37. The van der Waals surface area contributed by atoms with E-state index < -0.39 is 17.6 Å². The van der Waals surface area contributed by atoms with Gasteiger partial charge in [-0.05, 0) is 36.5 Å². The number of halogens is 6. The van der Waals surface area contributed by atoms with E-state index in [9.17, 15) is 17.6 Å². The molecule has 1 atom stereocenters. The van der Waals surface area contributed by atoms with Crippen molar-refractivity contribution in [3.05, 3.63) is 35.1 Å². The monoisotopic (exact) mass is 402 g/mol. The van der Waals surface area contributed by atoms with Crippen molar-refractivity contribution in [1.82, 2.24) is 10.2 Å². The fourth-order valence-electron chi connectivity index (χ4n) is 3.96. The third-order valence-electron chi connectivity index (χ3n) is 5.03. The van der Waals surface area contributed by atoms with Crippen LogP contribution in [0, 0.1) is 11.7 Å². The molecule has 1 N–H and O–H groups in total. The van der Waals surface area contributed by atoms with Crippen molar-refractivity contribution in [3.8, 4) is 0 Å². The van der Waals surface area contributed by atoms with Crippen molar-refractivity contribution in [3.63, 3.8) is 0 Å². The van der Waals surface area contributed by atoms with Gasteiger partial charge in [-0.3, -0.25) is 4.90 Å². The van der Waals surface area contributed by atoms with E-state index in [1.807, 2.05) is 0 Å². The fraction of sp³-hybridized carbons (Fsp3) is 0.647. The van der Waals surface area contributed by atoms with Crippen LogP contribution < -0.4 is 5.32 Å². The molecule has 144 valence electrons. The Morgan fingerprint density at radius 1 is 1.04 bits per heavy atom. The zero-order valence-corrected chi connectivity index (χ0v) is 15.5. The minimum atomic E-state index is -4.65. The van der Waals surface area contributed by atoms with Crippen molar-refractivity contribution in [1.29, 1.82) is 0 Å². The van der Waals surface area contributed by atoms with E-state index >= 15 is 0 Å². The first kappa shape index (κ1) is 22.5. The molecular weight excluding hydrogens is 379 g/mol. The maximum atomic E-state index is 13.6. The zero-order chi connectivity index (χ0) is 16.4. The molecule has 0 amide bonds. The molecule has 0 unspecified atom stereocenters. The molecule has 0 aromatic heterocycles. The second-order valence-electron chi connectivity index (χ2n) is 6.51. The van der Waals surface area contributed by atoms with Gasteiger partial charge in [-0.1, -0.05) is 18.9 Å². The van der Waals surface area contributed by atoms with Gasteiger partial charge >= 0.3 is 6.18 Å². The van der Waals surface area contributed by atoms with Crippen LogP contribution >= 0.6 is 24.8 Å². The molecule has 1 aromatic carbocycles. The topological polar surface area (TPSA) is 15.3 Å². The molecule has 2 aliphatic rings. The summed E-state index contributed by atoms with van der Waals surface area (Å²) in [5.74, 6) is -0.827. The molecule has 1 heterocycles. The van der Waals surface area contributed by atoms with Crippen molar-refractivity contribution < 1.29 is 17.6 Å². The Labute approximate surface area is 158 Å². The van der Waals surface area contributed by atoms with Crippen LogP contribution in [-0.4, -0.2) is 31.1 Å². The maximum absolute atomic E-state index is 13.6. The molecule has 1 saturated carbocycles. The van der Waals surface area contributed by atoms with Crippen LogP contribution in [0.3, 0.4) is 0 Å². The molecule has 1 saturated heterocycles. The normalized spacial score (nSPS) is 20.6. The average Bonchev–Trinajstić information content (AvgIpc) is 3.03. The van der Waals surface area contributed by atoms with Crippen LogP contribution in [0.1, 0.15) is 42.9 Å². The largest absolute Gasteiger partial charge is 0.419 e. The van der Waals surface area contributed by atoms with Crippen LogP contribution in [0.2, 0.25) is 0 Å². The number of rotatable bonds is 3. The van der Waals surface area contributed by atoms with Gasteiger partial charge in [0.25, 0.3) is 0 Å². The minimum absolute atomic E-state index is 0. The Kier molecular flexibility index (Phi) is 8.45. The van der Waals surface area contributed by atoms with Crippen LogP contribution in [0.25, 0.3) is 0 Å². The second kappa shape index (κ2) is 9.40. The van der Waals surface area contributed by atoms with Crippen molar-refractivity contribution in [2.24, 2.45) is 5.92 Å². The maximum Gasteiger partial charge on any atom is 0.419 e. The number of benzene rings is 1. The van der Waals surface area contributed by atoms with Gasteiger partial charge in [0.05, 0.1) is 5.56 Å². The van der Waals surface area contributed by atoms with E-state index in [2.05, 4.69) is 10.2 Å². The summed E-state index contributed by atoms with van der Waals surface area (Å²) in [4.78, 5) is 2.26. The molecule has 1 aliphatic carbocycles. The summed E-state index contributed by atoms with van der Waals surface area (Å²) in [6, 6.07) is 3.50. The van der Waals surface area contributed by atoms with Crippen molar-refractivity contribution >= 4 is 24.8 Å².